The van der Waals surface area contributed by atoms with Gasteiger partial charge in [0.05, 0.1) is 38.1 Å². The van der Waals surface area contributed by atoms with E-state index in [0.717, 1.165) is 17.7 Å². The molecule has 5 heteroatoms. The molecule has 0 aliphatic carbocycles. The first kappa shape index (κ1) is 16.0. The maximum absolute atomic E-state index is 12.1. The highest BCUT2D eigenvalue weighted by Gasteiger charge is 2.56. The van der Waals surface area contributed by atoms with E-state index in [1.54, 1.807) is 14.0 Å². The predicted octanol–water partition coefficient (Wildman–Crippen LogP) is 2.80. The lowest BCUT2D eigenvalue weighted by Gasteiger charge is -2.27. The molecule has 2 saturated heterocycles. The number of ether oxygens (including phenoxy) is 4. The van der Waals surface area contributed by atoms with E-state index in [0.29, 0.717) is 25.2 Å². The minimum atomic E-state index is -0.767. The van der Waals surface area contributed by atoms with E-state index >= 15 is 0 Å². The second kappa shape index (κ2) is 6.34. The summed E-state index contributed by atoms with van der Waals surface area (Å²) in [6, 6.07) is 7.76. The Morgan fingerprint density at radius 3 is 2.78 bits per heavy atom. The molecule has 0 radical (unpaired) electrons. The lowest BCUT2D eigenvalue weighted by atomic mass is 9.85. The molecule has 3 rings (SSSR count). The van der Waals surface area contributed by atoms with E-state index in [9.17, 15) is 4.79 Å². The number of fused-ring (bicyclic) bond motifs is 1. The summed E-state index contributed by atoms with van der Waals surface area (Å²) in [6.07, 6.45) is 1.04. The van der Waals surface area contributed by atoms with E-state index in [4.69, 9.17) is 18.9 Å². The van der Waals surface area contributed by atoms with E-state index in [1.807, 2.05) is 24.3 Å². The van der Waals surface area contributed by atoms with Gasteiger partial charge in [-0.15, -0.1) is 0 Å². The number of esters is 1. The Labute approximate surface area is 136 Å². The molecular formula is C18H22O5. The lowest BCUT2D eigenvalue weighted by Crippen LogP contribution is -2.40. The monoisotopic (exact) mass is 318 g/mol. The average molecular weight is 318 g/mol. The summed E-state index contributed by atoms with van der Waals surface area (Å²) in [7, 11) is 1.64. The van der Waals surface area contributed by atoms with E-state index in [2.05, 4.69) is 6.58 Å². The Morgan fingerprint density at radius 1 is 1.39 bits per heavy atom. The highest BCUT2D eigenvalue weighted by molar-refractivity contribution is 5.90. The summed E-state index contributed by atoms with van der Waals surface area (Å²) in [6.45, 7) is 6.61. The largest absolute Gasteiger partial charge is 0.497 e. The maximum atomic E-state index is 12.1. The van der Waals surface area contributed by atoms with Gasteiger partial charge in [0.1, 0.15) is 11.4 Å². The Kier molecular flexibility index (Phi) is 4.41. The van der Waals surface area contributed by atoms with Crippen molar-refractivity contribution < 1.29 is 23.7 Å². The highest BCUT2D eigenvalue weighted by Crippen LogP contribution is 2.50. The third-order valence-electron chi connectivity index (χ3n) is 4.60. The standard InChI is InChI=1S/C18H22O5/c1-4-21-17(19)12(2)18-11-15(23-16(18)9-10-22-18)13-5-7-14(20-3)8-6-13/h5-8,15-16H,2,4,9-11H2,1,3H3. The molecule has 2 fully saturated rings. The van der Waals surface area contributed by atoms with Gasteiger partial charge in [-0.25, -0.2) is 4.79 Å². The Bertz CT molecular complexity index is 594. The van der Waals surface area contributed by atoms with Crippen LogP contribution in [0.3, 0.4) is 0 Å². The van der Waals surface area contributed by atoms with Crippen molar-refractivity contribution in [2.75, 3.05) is 20.3 Å². The first-order valence-electron chi connectivity index (χ1n) is 7.90. The first-order chi connectivity index (χ1) is 11.1. The fourth-order valence-electron chi connectivity index (χ4n) is 3.37. The SMILES string of the molecule is C=C(C(=O)OCC)C12CC(c3ccc(OC)cc3)OC1CCO2. The van der Waals surface area contributed by atoms with Crippen molar-refractivity contribution in [3.05, 3.63) is 42.0 Å². The van der Waals surface area contributed by atoms with Crippen LogP contribution in [0, 0.1) is 0 Å². The number of hydrogen-bond donors (Lipinski definition) is 0. The molecule has 2 aliphatic heterocycles. The van der Waals surface area contributed by atoms with E-state index in [1.165, 1.54) is 0 Å². The number of carbonyl (C=O) groups is 1. The molecule has 0 saturated carbocycles. The fraction of sp³-hybridized carbons (Fsp3) is 0.500. The van der Waals surface area contributed by atoms with Crippen molar-refractivity contribution in [1.82, 2.24) is 0 Å². The molecule has 0 N–H and O–H groups in total. The number of hydrogen-bond acceptors (Lipinski definition) is 5. The quantitative estimate of drug-likeness (QED) is 0.617. The maximum Gasteiger partial charge on any atom is 0.336 e. The van der Waals surface area contributed by atoms with Crippen molar-refractivity contribution in [2.24, 2.45) is 0 Å². The second-order valence-corrected chi connectivity index (χ2v) is 5.82. The zero-order valence-corrected chi connectivity index (χ0v) is 13.5. The summed E-state index contributed by atoms with van der Waals surface area (Å²) in [5.74, 6) is 0.396. The van der Waals surface area contributed by atoms with Gasteiger partial charge in [-0.1, -0.05) is 18.7 Å². The minimum absolute atomic E-state index is 0.127. The molecule has 3 unspecified atom stereocenters. The van der Waals surface area contributed by atoms with Gasteiger partial charge < -0.3 is 18.9 Å². The summed E-state index contributed by atoms with van der Waals surface area (Å²) in [5, 5.41) is 0. The summed E-state index contributed by atoms with van der Waals surface area (Å²) in [5.41, 5.74) is 0.634. The van der Waals surface area contributed by atoms with Crippen molar-refractivity contribution in [3.8, 4) is 5.75 Å². The van der Waals surface area contributed by atoms with Crippen LogP contribution in [0.5, 0.6) is 5.75 Å². The van der Waals surface area contributed by atoms with Crippen molar-refractivity contribution in [1.29, 1.82) is 0 Å². The Hall–Kier alpha value is -1.85. The summed E-state index contributed by atoms with van der Waals surface area (Å²) < 4.78 is 22.4. The van der Waals surface area contributed by atoms with Crippen molar-refractivity contribution in [3.63, 3.8) is 0 Å². The van der Waals surface area contributed by atoms with Crippen LogP contribution >= 0.6 is 0 Å². The van der Waals surface area contributed by atoms with Crippen LogP contribution in [-0.4, -0.2) is 38.0 Å². The number of benzene rings is 1. The summed E-state index contributed by atoms with van der Waals surface area (Å²) in [4.78, 5) is 12.1. The van der Waals surface area contributed by atoms with E-state index < -0.39 is 11.6 Å². The third kappa shape index (κ3) is 2.75. The molecule has 1 aromatic carbocycles. The molecule has 0 bridgehead atoms. The molecule has 124 valence electrons. The van der Waals surface area contributed by atoms with Gasteiger partial charge in [0, 0.05) is 12.8 Å². The van der Waals surface area contributed by atoms with Crippen molar-refractivity contribution in [2.45, 2.75) is 37.6 Å². The van der Waals surface area contributed by atoms with Crippen LogP contribution in [0.1, 0.15) is 31.4 Å². The topological polar surface area (TPSA) is 54.0 Å². The number of methoxy groups -OCH3 is 1. The molecule has 2 heterocycles. The first-order valence-corrected chi connectivity index (χ1v) is 7.90. The van der Waals surface area contributed by atoms with Gasteiger partial charge in [-0.2, -0.15) is 0 Å². The lowest BCUT2D eigenvalue weighted by molar-refractivity contribution is -0.141. The molecule has 3 atom stereocenters. The predicted molar refractivity (Wildman–Crippen MR) is 84.3 cm³/mol. The third-order valence-corrected chi connectivity index (χ3v) is 4.60. The van der Waals surface area contributed by atoms with Gasteiger partial charge in [-0.3, -0.25) is 0 Å². The van der Waals surface area contributed by atoms with E-state index in [-0.39, 0.29) is 12.2 Å². The number of rotatable bonds is 5. The molecular weight excluding hydrogens is 296 g/mol. The second-order valence-electron chi connectivity index (χ2n) is 5.82. The van der Waals surface area contributed by atoms with Gasteiger partial charge in [-0.05, 0) is 24.6 Å². The smallest absolute Gasteiger partial charge is 0.336 e. The van der Waals surface area contributed by atoms with Crippen LogP contribution in [0.4, 0.5) is 0 Å². The number of carbonyl (C=O) groups excluding carboxylic acids is 1. The van der Waals surface area contributed by atoms with Crippen LogP contribution in [0.2, 0.25) is 0 Å². The van der Waals surface area contributed by atoms with Gasteiger partial charge >= 0.3 is 5.97 Å². The molecule has 2 aliphatic rings. The van der Waals surface area contributed by atoms with Gasteiger partial charge in [0.15, 0.2) is 0 Å². The van der Waals surface area contributed by atoms with Gasteiger partial charge in [0.25, 0.3) is 0 Å². The summed E-state index contributed by atoms with van der Waals surface area (Å²) >= 11 is 0. The highest BCUT2D eigenvalue weighted by atomic mass is 16.6. The minimum Gasteiger partial charge on any atom is -0.497 e. The normalized spacial score (nSPS) is 29.1. The molecule has 0 amide bonds. The van der Waals surface area contributed by atoms with Crippen LogP contribution in [-0.2, 0) is 19.0 Å². The molecule has 0 aromatic heterocycles. The van der Waals surface area contributed by atoms with Gasteiger partial charge in [0.2, 0.25) is 0 Å². The van der Waals surface area contributed by atoms with Crippen LogP contribution in [0.15, 0.2) is 36.4 Å². The van der Waals surface area contributed by atoms with Crippen LogP contribution < -0.4 is 4.74 Å². The Morgan fingerprint density at radius 2 is 2.13 bits per heavy atom. The van der Waals surface area contributed by atoms with Crippen molar-refractivity contribution >= 4 is 5.97 Å². The van der Waals surface area contributed by atoms with Crippen LogP contribution in [0.25, 0.3) is 0 Å². The molecule has 1 aromatic rings. The zero-order chi connectivity index (χ0) is 16.4. The zero-order valence-electron chi connectivity index (χ0n) is 13.5. The molecule has 5 nitrogen and oxygen atoms in total. The average Bonchev–Trinajstić information content (AvgIpc) is 3.12. The Balaban J connectivity index is 1.81. The molecule has 0 spiro atoms. The molecule has 23 heavy (non-hydrogen) atoms. The fourth-order valence-corrected chi connectivity index (χ4v) is 3.37.